The van der Waals surface area contributed by atoms with E-state index in [0.717, 1.165) is 5.56 Å². The number of nitrogens with one attached hydrogen (secondary N) is 1. The number of benzene rings is 1. The van der Waals surface area contributed by atoms with Gasteiger partial charge in [0.05, 0.1) is 14.2 Å². The Bertz CT molecular complexity index is 744. The van der Waals surface area contributed by atoms with E-state index >= 15 is 0 Å². The summed E-state index contributed by atoms with van der Waals surface area (Å²) in [6, 6.07) is 8.21. The molecule has 0 aliphatic rings. The molecule has 0 saturated carbocycles. The van der Waals surface area contributed by atoms with E-state index in [4.69, 9.17) is 9.47 Å². The van der Waals surface area contributed by atoms with Crippen molar-refractivity contribution in [3.8, 4) is 11.5 Å². The maximum Gasteiger partial charge on any atom is 0.266 e. The van der Waals surface area contributed by atoms with E-state index in [2.05, 4.69) is 9.71 Å². The summed E-state index contributed by atoms with van der Waals surface area (Å²) in [6.07, 6.45) is 1.48. The van der Waals surface area contributed by atoms with Crippen molar-refractivity contribution in [1.29, 1.82) is 0 Å². The highest BCUT2D eigenvalue weighted by Gasteiger charge is 2.21. The molecule has 21 heavy (non-hydrogen) atoms. The summed E-state index contributed by atoms with van der Waals surface area (Å²) in [5.41, 5.74) is 0.809. The molecule has 1 aromatic carbocycles. The predicted molar refractivity (Wildman–Crippen MR) is 79.3 cm³/mol. The number of aryl methyl sites for hydroxylation is 1. The average molecular weight is 308 g/mol. The smallest absolute Gasteiger partial charge is 0.266 e. The van der Waals surface area contributed by atoms with Crippen LogP contribution in [0.1, 0.15) is 5.56 Å². The van der Waals surface area contributed by atoms with Gasteiger partial charge in [-0.1, -0.05) is 6.07 Å². The lowest BCUT2D eigenvalue weighted by Crippen LogP contribution is -2.15. The fourth-order valence-corrected chi connectivity index (χ4v) is 3.08. The number of sulfonamides is 1. The molecule has 1 heterocycles. The Balaban J connectivity index is 2.46. The highest BCUT2D eigenvalue weighted by molar-refractivity contribution is 7.92. The molecule has 7 heteroatoms. The first-order chi connectivity index (χ1) is 9.97. The lowest BCUT2D eigenvalue weighted by Gasteiger charge is -2.13. The van der Waals surface area contributed by atoms with Crippen molar-refractivity contribution in [3.63, 3.8) is 0 Å². The number of nitrogens with zero attached hydrogens (tertiary/aromatic N) is 1. The Hall–Kier alpha value is -2.28. The first-order valence-electron chi connectivity index (χ1n) is 6.14. The molecule has 112 valence electrons. The van der Waals surface area contributed by atoms with Gasteiger partial charge >= 0.3 is 0 Å². The lowest BCUT2D eigenvalue weighted by atomic mass is 10.2. The van der Waals surface area contributed by atoms with Crippen molar-refractivity contribution in [1.82, 2.24) is 4.98 Å². The number of methoxy groups -OCH3 is 2. The molecule has 0 aliphatic carbocycles. The van der Waals surface area contributed by atoms with Gasteiger partial charge in [0.15, 0.2) is 11.6 Å². The van der Waals surface area contributed by atoms with Gasteiger partial charge in [0.25, 0.3) is 10.0 Å². The Kier molecular flexibility index (Phi) is 4.32. The molecule has 6 nitrogen and oxygen atoms in total. The molecule has 0 spiro atoms. The molecule has 1 N–H and O–H groups in total. The number of hydrogen-bond acceptors (Lipinski definition) is 5. The van der Waals surface area contributed by atoms with Gasteiger partial charge in [0.1, 0.15) is 10.6 Å². The van der Waals surface area contributed by atoms with Gasteiger partial charge in [-0.15, -0.1) is 0 Å². The summed E-state index contributed by atoms with van der Waals surface area (Å²) < 4.78 is 37.6. The summed E-state index contributed by atoms with van der Waals surface area (Å²) in [5, 5.41) is 0. The molecule has 0 bridgehead atoms. The second-order valence-corrected chi connectivity index (χ2v) is 5.96. The maximum atomic E-state index is 12.5. The number of pyridine rings is 1. The van der Waals surface area contributed by atoms with E-state index in [0.29, 0.717) is 5.75 Å². The van der Waals surface area contributed by atoms with Gasteiger partial charge < -0.3 is 9.47 Å². The van der Waals surface area contributed by atoms with Crippen LogP contribution in [0, 0.1) is 6.92 Å². The second-order valence-electron chi connectivity index (χ2n) is 4.31. The third-order valence-corrected chi connectivity index (χ3v) is 4.19. The van der Waals surface area contributed by atoms with Crippen LogP contribution in [-0.4, -0.2) is 27.6 Å². The quantitative estimate of drug-likeness (QED) is 0.916. The SMILES string of the molecule is COc1ccc(C)cc1S(=O)(=O)Nc1ncccc1OC. The number of hydrogen-bond donors (Lipinski definition) is 1. The molecule has 2 rings (SSSR count). The highest BCUT2D eigenvalue weighted by atomic mass is 32.2. The third-order valence-electron chi connectivity index (χ3n) is 2.83. The zero-order valence-electron chi connectivity index (χ0n) is 12.0. The molecule has 1 aromatic heterocycles. The van der Waals surface area contributed by atoms with Crippen LogP contribution in [0.3, 0.4) is 0 Å². The Labute approximate surface area is 123 Å². The second kappa shape index (κ2) is 6.01. The Morgan fingerprint density at radius 3 is 2.48 bits per heavy atom. The molecule has 0 radical (unpaired) electrons. The Morgan fingerprint density at radius 1 is 1.10 bits per heavy atom. The van der Waals surface area contributed by atoms with E-state index in [9.17, 15) is 8.42 Å². The molecule has 0 amide bonds. The molecular formula is C14H16N2O4S. The van der Waals surface area contributed by atoms with E-state index in [1.807, 2.05) is 0 Å². The van der Waals surface area contributed by atoms with Crippen LogP contribution in [-0.2, 0) is 10.0 Å². The average Bonchev–Trinajstić information content (AvgIpc) is 2.47. The van der Waals surface area contributed by atoms with Crippen molar-refractivity contribution < 1.29 is 17.9 Å². The van der Waals surface area contributed by atoms with Crippen LogP contribution in [0.2, 0.25) is 0 Å². The van der Waals surface area contributed by atoms with Crippen LogP contribution in [0.4, 0.5) is 5.82 Å². The van der Waals surface area contributed by atoms with Crippen LogP contribution in [0.25, 0.3) is 0 Å². The van der Waals surface area contributed by atoms with E-state index in [1.165, 1.54) is 26.5 Å². The van der Waals surface area contributed by atoms with Gasteiger partial charge in [-0.05, 0) is 36.8 Å². The highest BCUT2D eigenvalue weighted by Crippen LogP contribution is 2.28. The first kappa shape index (κ1) is 15.1. The van der Waals surface area contributed by atoms with E-state index < -0.39 is 10.0 Å². The minimum absolute atomic E-state index is 0.0534. The van der Waals surface area contributed by atoms with Crippen molar-refractivity contribution in [2.24, 2.45) is 0 Å². The number of aromatic nitrogens is 1. The summed E-state index contributed by atoms with van der Waals surface area (Å²) in [4.78, 5) is 4.04. The normalized spacial score (nSPS) is 11.0. The fraction of sp³-hybridized carbons (Fsp3) is 0.214. The minimum Gasteiger partial charge on any atom is -0.495 e. The molecule has 2 aromatic rings. The number of rotatable bonds is 5. The zero-order chi connectivity index (χ0) is 15.5. The van der Waals surface area contributed by atoms with Crippen molar-refractivity contribution in [2.75, 3.05) is 18.9 Å². The van der Waals surface area contributed by atoms with E-state index in [-0.39, 0.29) is 16.5 Å². The molecule has 0 saturated heterocycles. The molecule has 0 unspecified atom stereocenters. The van der Waals surface area contributed by atoms with Gasteiger partial charge in [0.2, 0.25) is 0 Å². The summed E-state index contributed by atoms with van der Waals surface area (Å²) in [7, 11) is -0.961. The largest absolute Gasteiger partial charge is 0.495 e. The minimum atomic E-state index is -3.83. The van der Waals surface area contributed by atoms with Gasteiger partial charge in [-0.3, -0.25) is 4.72 Å². The standard InChI is InChI=1S/C14H16N2O4S/c1-10-6-7-11(19-2)13(9-10)21(17,18)16-14-12(20-3)5-4-8-15-14/h4-9H,1-3H3,(H,15,16). The predicted octanol–water partition coefficient (Wildman–Crippen LogP) is 2.21. The zero-order valence-corrected chi connectivity index (χ0v) is 12.8. The third kappa shape index (κ3) is 3.25. The van der Waals surface area contributed by atoms with Crippen molar-refractivity contribution >= 4 is 15.8 Å². The summed E-state index contributed by atoms with van der Waals surface area (Å²) in [6.45, 7) is 1.81. The van der Waals surface area contributed by atoms with Crippen LogP contribution in [0.15, 0.2) is 41.4 Å². The number of ether oxygens (including phenoxy) is 2. The maximum absolute atomic E-state index is 12.5. The Morgan fingerprint density at radius 2 is 1.81 bits per heavy atom. The molecular weight excluding hydrogens is 292 g/mol. The van der Waals surface area contributed by atoms with Gasteiger partial charge in [-0.25, -0.2) is 13.4 Å². The first-order valence-corrected chi connectivity index (χ1v) is 7.62. The summed E-state index contributed by atoms with van der Waals surface area (Å²) in [5.74, 6) is 0.735. The van der Waals surface area contributed by atoms with Gasteiger partial charge in [-0.2, -0.15) is 0 Å². The topological polar surface area (TPSA) is 77.5 Å². The molecule has 0 aliphatic heterocycles. The van der Waals surface area contributed by atoms with Crippen LogP contribution < -0.4 is 14.2 Å². The van der Waals surface area contributed by atoms with E-state index in [1.54, 1.807) is 31.2 Å². The number of anilines is 1. The van der Waals surface area contributed by atoms with Crippen molar-refractivity contribution in [2.45, 2.75) is 11.8 Å². The van der Waals surface area contributed by atoms with Crippen molar-refractivity contribution in [3.05, 3.63) is 42.1 Å². The van der Waals surface area contributed by atoms with Crippen LogP contribution >= 0.6 is 0 Å². The molecule has 0 atom stereocenters. The van der Waals surface area contributed by atoms with Crippen LogP contribution in [0.5, 0.6) is 11.5 Å². The monoisotopic (exact) mass is 308 g/mol. The summed E-state index contributed by atoms with van der Waals surface area (Å²) >= 11 is 0. The van der Waals surface area contributed by atoms with Gasteiger partial charge in [0, 0.05) is 6.20 Å². The lowest BCUT2D eigenvalue weighted by molar-refractivity contribution is 0.402. The fourth-order valence-electron chi connectivity index (χ4n) is 1.81. The molecule has 0 fully saturated rings.